The summed E-state index contributed by atoms with van der Waals surface area (Å²) in [5.74, 6) is 0.0684. The number of rotatable bonds is 7. The molecule has 3 rings (SSSR count). The average Bonchev–Trinajstić information content (AvgIpc) is 2.74. The van der Waals surface area contributed by atoms with Gasteiger partial charge in [-0.1, -0.05) is 30.3 Å². The molecule has 1 unspecified atom stereocenters. The van der Waals surface area contributed by atoms with Gasteiger partial charge in [0, 0.05) is 32.2 Å². The number of carbonyl (C=O) groups excluding carboxylic acids is 2. The Morgan fingerprint density at radius 2 is 2.00 bits per heavy atom. The fourth-order valence-electron chi connectivity index (χ4n) is 4.35. The molecule has 0 aliphatic carbocycles. The molecule has 0 bridgehead atoms. The number of likely N-dealkylation sites (tertiary alicyclic amines) is 1. The van der Waals surface area contributed by atoms with Gasteiger partial charge in [-0.3, -0.25) is 9.59 Å². The van der Waals surface area contributed by atoms with Crippen LogP contribution in [0.2, 0.25) is 0 Å². The Bertz CT molecular complexity index is 638. The molecule has 6 nitrogen and oxygen atoms in total. The van der Waals surface area contributed by atoms with E-state index < -0.39 is 0 Å². The van der Waals surface area contributed by atoms with E-state index in [-0.39, 0.29) is 23.1 Å². The normalized spacial score (nSPS) is 21.9. The molecule has 1 aromatic rings. The number of methoxy groups -OCH3 is 1. The number of amides is 2. The Labute approximate surface area is 168 Å². The summed E-state index contributed by atoms with van der Waals surface area (Å²) in [6, 6.07) is 9.80. The molecule has 6 heteroatoms. The zero-order chi connectivity index (χ0) is 19.8. The smallest absolute Gasteiger partial charge is 0.227 e. The first-order valence-electron chi connectivity index (χ1n) is 10.4. The summed E-state index contributed by atoms with van der Waals surface area (Å²) in [4.78, 5) is 27.3. The van der Waals surface area contributed by atoms with Crippen molar-refractivity contribution in [3.8, 4) is 0 Å². The fourth-order valence-corrected chi connectivity index (χ4v) is 4.35. The van der Waals surface area contributed by atoms with E-state index in [4.69, 9.17) is 4.74 Å². The lowest BCUT2D eigenvalue weighted by Crippen LogP contribution is -2.50. The number of nitrogens with one attached hydrogen (secondary N) is 2. The number of hydrogen-bond acceptors (Lipinski definition) is 4. The van der Waals surface area contributed by atoms with Crippen LogP contribution in [-0.4, -0.2) is 63.2 Å². The van der Waals surface area contributed by atoms with Crippen LogP contribution in [0.15, 0.2) is 30.3 Å². The molecular weight excluding hydrogens is 354 g/mol. The Kier molecular flexibility index (Phi) is 7.45. The van der Waals surface area contributed by atoms with E-state index in [0.29, 0.717) is 26.1 Å². The van der Waals surface area contributed by atoms with Crippen LogP contribution in [0.1, 0.15) is 31.2 Å². The van der Waals surface area contributed by atoms with Crippen molar-refractivity contribution >= 4 is 11.8 Å². The van der Waals surface area contributed by atoms with Crippen molar-refractivity contribution in [2.45, 2.75) is 32.1 Å². The van der Waals surface area contributed by atoms with Gasteiger partial charge in [-0.15, -0.1) is 0 Å². The topological polar surface area (TPSA) is 70.7 Å². The van der Waals surface area contributed by atoms with E-state index in [0.717, 1.165) is 50.9 Å². The third-order valence-corrected chi connectivity index (χ3v) is 6.10. The molecule has 2 fully saturated rings. The minimum Gasteiger partial charge on any atom is -0.384 e. The second kappa shape index (κ2) is 10.0. The first-order chi connectivity index (χ1) is 13.6. The van der Waals surface area contributed by atoms with Crippen LogP contribution in [0.5, 0.6) is 0 Å². The van der Waals surface area contributed by atoms with Gasteiger partial charge < -0.3 is 20.3 Å². The first kappa shape index (κ1) is 20.8. The summed E-state index contributed by atoms with van der Waals surface area (Å²) >= 11 is 0. The lowest BCUT2D eigenvalue weighted by Gasteiger charge is -2.38. The molecular formula is C22H33N3O3. The predicted molar refractivity (Wildman–Crippen MR) is 109 cm³/mol. The quantitative estimate of drug-likeness (QED) is 0.746. The molecule has 0 saturated carbocycles. The maximum absolute atomic E-state index is 12.8. The highest BCUT2D eigenvalue weighted by Crippen LogP contribution is 2.28. The molecule has 2 N–H and O–H groups in total. The summed E-state index contributed by atoms with van der Waals surface area (Å²) < 4.78 is 5.44. The SMILES string of the molecule is COCC1(CNC(=O)C2CCCN(C(=O)Cc3ccccc3)C2)CCNCC1. The van der Waals surface area contributed by atoms with Gasteiger partial charge in [0.2, 0.25) is 11.8 Å². The van der Waals surface area contributed by atoms with Gasteiger partial charge in [0.05, 0.1) is 18.9 Å². The number of nitrogens with zero attached hydrogens (tertiary/aromatic N) is 1. The third-order valence-electron chi connectivity index (χ3n) is 6.10. The molecule has 2 amide bonds. The largest absolute Gasteiger partial charge is 0.384 e. The molecule has 2 saturated heterocycles. The van der Waals surface area contributed by atoms with E-state index in [1.165, 1.54) is 0 Å². The van der Waals surface area contributed by atoms with Crippen LogP contribution in [0.4, 0.5) is 0 Å². The van der Waals surface area contributed by atoms with Gasteiger partial charge in [0.25, 0.3) is 0 Å². The summed E-state index contributed by atoms with van der Waals surface area (Å²) in [7, 11) is 1.73. The molecule has 0 spiro atoms. The number of carbonyl (C=O) groups is 2. The lowest BCUT2D eigenvalue weighted by molar-refractivity contribution is -0.135. The van der Waals surface area contributed by atoms with Gasteiger partial charge in [-0.25, -0.2) is 0 Å². The summed E-state index contributed by atoms with van der Waals surface area (Å²) in [5, 5.41) is 6.55. The molecule has 28 heavy (non-hydrogen) atoms. The van der Waals surface area contributed by atoms with Crippen LogP contribution in [-0.2, 0) is 20.7 Å². The number of benzene rings is 1. The number of piperidine rings is 2. The number of ether oxygens (including phenoxy) is 1. The average molecular weight is 388 g/mol. The monoisotopic (exact) mass is 387 g/mol. The standard InChI is InChI=1S/C22H33N3O3/c1-28-17-22(9-11-23-12-10-22)16-24-21(27)19-8-5-13-25(15-19)20(26)14-18-6-3-2-4-7-18/h2-4,6-7,19,23H,5,8-17H2,1H3,(H,24,27). The number of hydrogen-bond donors (Lipinski definition) is 2. The molecule has 1 aromatic carbocycles. The molecule has 0 aromatic heterocycles. The van der Waals surface area contributed by atoms with Crippen molar-refractivity contribution in [3.63, 3.8) is 0 Å². The van der Waals surface area contributed by atoms with E-state index >= 15 is 0 Å². The first-order valence-corrected chi connectivity index (χ1v) is 10.4. The highest BCUT2D eigenvalue weighted by atomic mass is 16.5. The zero-order valence-electron chi connectivity index (χ0n) is 16.9. The predicted octanol–water partition coefficient (Wildman–Crippen LogP) is 1.60. The van der Waals surface area contributed by atoms with Gasteiger partial charge in [0.15, 0.2) is 0 Å². The van der Waals surface area contributed by atoms with Gasteiger partial charge in [-0.05, 0) is 44.3 Å². The van der Waals surface area contributed by atoms with Crippen molar-refractivity contribution in [2.75, 3.05) is 46.4 Å². The Balaban J connectivity index is 1.51. The summed E-state index contributed by atoms with van der Waals surface area (Å²) in [6.07, 6.45) is 4.14. The molecule has 2 aliphatic heterocycles. The molecule has 2 heterocycles. The Morgan fingerprint density at radius 1 is 1.25 bits per heavy atom. The fraction of sp³-hybridized carbons (Fsp3) is 0.636. The van der Waals surface area contributed by atoms with Crippen LogP contribution < -0.4 is 10.6 Å². The molecule has 2 aliphatic rings. The Morgan fingerprint density at radius 3 is 2.71 bits per heavy atom. The van der Waals surface area contributed by atoms with E-state index in [9.17, 15) is 9.59 Å². The lowest BCUT2D eigenvalue weighted by atomic mass is 9.79. The molecule has 154 valence electrons. The Hall–Kier alpha value is -1.92. The van der Waals surface area contributed by atoms with Crippen LogP contribution in [0.25, 0.3) is 0 Å². The van der Waals surface area contributed by atoms with E-state index in [2.05, 4.69) is 10.6 Å². The van der Waals surface area contributed by atoms with Crippen molar-refractivity contribution in [3.05, 3.63) is 35.9 Å². The van der Waals surface area contributed by atoms with E-state index in [1.807, 2.05) is 35.2 Å². The summed E-state index contributed by atoms with van der Waals surface area (Å²) in [6.45, 7) is 4.51. The minimum atomic E-state index is -0.116. The van der Waals surface area contributed by atoms with Crippen LogP contribution in [0, 0.1) is 11.3 Å². The van der Waals surface area contributed by atoms with Crippen molar-refractivity contribution in [1.29, 1.82) is 0 Å². The van der Waals surface area contributed by atoms with Crippen LogP contribution in [0.3, 0.4) is 0 Å². The van der Waals surface area contributed by atoms with Gasteiger partial charge in [0.1, 0.15) is 0 Å². The van der Waals surface area contributed by atoms with Gasteiger partial charge in [-0.2, -0.15) is 0 Å². The molecule has 0 radical (unpaired) electrons. The zero-order valence-corrected chi connectivity index (χ0v) is 16.9. The maximum Gasteiger partial charge on any atom is 0.227 e. The van der Waals surface area contributed by atoms with Crippen molar-refractivity contribution in [1.82, 2.24) is 15.5 Å². The van der Waals surface area contributed by atoms with E-state index in [1.54, 1.807) is 7.11 Å². The third kappa shape index (κ3) is 5.55. The van der Waals surface area contributed by atoms with Gasteiger partial charge >= 0.3 is 0 Å². The second-order valence-electron chi connectivity index (χ2n) is 8.24. The maximum atomic E-state index is 12.8. The minimum absolute atomic E-state index is 0.0210. The second-order valence-corrected chi connectivity index (χ2v) is 8.24. The van der Waals surface area contributed by atoms with Crippen LogP contribution >= 0.6 is 0 Å². The highest BCUT2D eigenvalue weighted by molar-refractivity contribution is 5.82. The summed E-state index contributed by atoms with van der Waals surface area (Å²) in [5.41, 5.74) is 1.04. The van der Waals surface area contributed by atoms with Crippen molar-refractivity contribution < 1.29 is 14.3 Å². The highest BCUT2D eigenvalue weighted by Gasteiger charge is 2.34. The molecule has 1 atom stereocenters. The van der Waals surface area contributed by atoms with Crippen molar-refractivity contribution in [2.24, 2.45) is 11.3 Å².